The van der Waals surface area contributed by atoms with E-state index in [1.165, 1.54) is 11.7 Å². The van der Waals surface area contributed by atoms with Crippen LogP contribution in [-0.4, -0.2) is 38.7 Å². The Morgan fingerprint density at radius 3 is 2.14 bits per heavy atom. The van der Waals surface area contributed by atoms with Crippen LogP contribution in [0.4, 0.5) is 0 Å². The largest absolute Gasteiger partial charge is 0.345 e. The van der Waals surface area contributed by atoms with Crippen molar-refractivity contribution in [1.29, 1.82) is 0 Å². The van der Waals surface area contributed by atoms with Crippen LogP contribution in [0.2, 0.25) is 0 Å². The number of hydrogen-bond donors (Lipinski definition) is 0. The molecule has 0 aliphatic carbocycles. The SMILES string of the molecule is CP(P)SO[C@@H]1CC(OP(C)SP)CC(OP(C)SP)O1. The van der Waals surface area contributed by atoms with Crippen molar-refractivity contribution in [1.82, 2.24) is 0 Å². The zero-order chi connectivity index (χ0) is 15.8. The van der Waals surface area contributed by atoms with E-state index >= 15 is 0 Å². The van der Waals surface area contributed by atoms with Gasteiger partial charge in [0.2, 0.25) is 0 Å². The third-order valence-electron chi connectivity index (χ3n) is 2.34. The monoisotopic (exact) mass is 464 g/mol. The van der Waals surface area contributed by atoms with Gasteiger partial charge in [0.05, 0.1) is 20.8 Å². The first kappa shape index (κ1) is 22.5. The van der Waals surface area contributed by atoms with Gasteiger partial charge in [-0.2, -0.15) is 0 Å². The van der Waals surface area contributed by atoms with Crippen molar-refractivity contribution in [3.63, 3.8) is 0 Å². The van der Waals surface area contributed by atoms with Gasteiger partial charge in [-0.25, -0.2) is 0 Å². The summed E-state index contributed by atoms with van der Waals surface area (Å²) in [5.74, 6) is 0. The van der Waals surface area contributed by atoms with Crippen LogP contribution >= 0.6 is 81.0 Å². The number of rotatable bonds is 9. The normalized spacial score (nSPS) is 30.9. The number of hydrogen-bond acceptors (Lipinski definition) is 7. The molecular weight excluding hydrogens is 442 g/mol. The maximum atomic E-state index is 6.08. The van der Waals surface area contributed by atoms with Gasteiger partial charge in [0.15, 0.2) is 12.6 Å². The van der Waals surface area contributed by atoms with E-state index in [-0.39, 0.29) is 25.5 Å². The Kier molecular flexibility index (Phi) is 13.7. The summed E-state index contributed by atoms with van der Waals surface area (Å²) in [5, 5.41) is 0. The zero-order valence-corrected chi connectivity index (χ0v) is 20.7. The van der Waals surface area contributed by atoms with Crippen LogP contribution in [0.25, 0.3) is 0 Å². The molecule has 8 unspecified atom stereocenters. The molecule has 1 rings (SSSR count). The predicted octanol–water partition coefficient (Wildman–Crippen LogP) is 6.26. The minimum absolute atomic E-state index is 0.129. The summed E-state index contributed by atoms with van der Waals surface area (Å²) in [5.41, 5.74) is 0. The fourth-order valence-corrected chi connectivity index (χ4v) is 6.07. The van der Waals surface area contributed by atoms with Crippen molar-refractivity contribution in [2.75, 3.05) is 20.0 Å². The molecule has 126 valence electrons. The molecule has 0 amide bonds. The van der Waals surface area contributed by atoms with Gasteiger partial charge in [0.25, 0.3) is 0 Å². The molecule has 1 aliphatic heterocycles. The van der Waals surface area contributed by atoms with Crippen molar-refractivity contribution in [2.24, 2.45) is 0 Å². The fourth-order valence-electron chi connectivity index (χ4n) is 1.56. The van der Waals surface area contributed by atoms with Crippen LogP contribution in [0.3, 0.4) is 0 Å². The lowest BCUT2D eigenvalue weighted by Crippen LogP contribution is -2.37. The van der Waals surface area contributed by atoms with E-state index in [2.05, 4.69) is 45.8 Å². The molecule has 21 heavy (non-hydrogen) atoms. The van der Waals surface area contributed by atoms with Gasteiger partial charge < -0.3 is 13.8 Å². The maximum absolute atomic E-state index is 6.08. The van der Waals surface area contributed by atoms with Crippen LogP contribution in [0.1, 0.15) is 12.8 Å². The third-order valence-corrected chi connectivity index (χ3v) is 14.0. The highest BCUT2D eigenvalue weighted by Crippen LogP contribution is 2.57. The lowest BCUT2D eigenvalue weighted by atomic mass is 10.1. The van der Waals surface area contributed by atoms with Crippen LogP contribution in [0.15, 0.2) is 0 Å². The Balaban J connectivity index is 2.54. The van der Waals surface area contributed by atoms with Crippen molar-refractivity contribution in [3.05, 3.63) is 0 Å². The molecule has 0 aromatic carbocycles. The van der Waals surface area contributed by atoms with Gasteiger partial charge in [0, 0.05) is 24.5 Å². The summed E-state index contributed by atoms with van der Waals surface area (Å²) < 4.78 is 23.7. The lowest BCUT2D eigenvalue weighted by Gasteiger charge is -2.35. The maximum Gasteiger partial charge on any atom is 0.176 e. The van der Waals surface area contributed by atoms with E-state index in [4.69, 9.17) is 18.0 Å². The highest BCUT2D eigenvalue weighted by atomic mass is 33.1. The first-order valence-electron chi connectivity index (χ1n) is 5.96. The van der Waals surface area contributed by atoms with E-state index in [0.717, 1.165) is 12.8 Å². The van der Waals surface area contributed by atoms with Crippen molar-refractivity contribution in [2.45, 2.75) is 31.5 Å². The molecule has 0 bridgehead atoms. The summed E-state index contributed by atoms with van der Waals surface area (Å²) in [6, 6.07) is 0. The summed E-state index contributed by atoms with van der Waals surface area (Å²) in [7, 11) is 7.03. The predicted molar refractivity (Wildman–Crippen MR) is 115 cm³/mol. The van der Waals surface area contributed by atoms with E-state index in [9.17, 15) is 0 Å². The van der Waals surface area contributed by atoms with E-state index in [0.29, 0.717) is 0 Å². The summed E-state index contributed by atoms with van der Waals surface area (Å²) in [6.07, 6.45) is 1.14. The van der Waals surface area contributed by atoms with E-state index in [1.54, 1.807) is 22.0 Å². The van der Waals surface area contributed by atoms with Gasteiger partial charge in [-0.05, 0) is 26.8 Å². The third kappa shape index (κ3) is 10.3. The second kappa shape index (κ2) is 12.8. The molecule has 0 aromatic heterocycles. The van der Waals surface area contributed by atoms with Crippen molar-refractivity contribution in [3.8, 4) is 0 Å². The van der Waals surface area contributed by atoms with E-state index in [1.807, 2.05) is 0 Å². The minimum atomic E-state index is -0.552. The minimum Gasteiger partial charge on any atom is -0.345 e. The van der Waals surface area contributed by atoms with Crippen LogP contribution in [0, 0.1) is 0 Å². The van der Waals surface area contributed by atoms with Gasteiger partial charge in [-0.1, -0.05) is 47.8 Å². The summed E-state index contributed by atoms with van der Waals surface area (Å²) in [4.78, 5) is 0. The molecule has 13 heteroatoms. The first-order valence-corrected chi connectivity index (χ1v) is 19.9. The highest BCUT2D eigenvalue weighted by molar-refractivity contribution is 8.78. The highest BCUT2D eigenvalue weighted by Gasteiger charge is 2.33. The molecule has 0 spiro atoms. The van der Waals surface area contributed by atoms with Crippen molar-refractivity contribution >= 4 is 81.0 Å². The molecule has 0 N–H and O–H groups in total. The molecule has 0 radical (unpaired) electrons. The average Bonchev–Trinajstić information content (AvgIpc) is 2.44. The molecule has 9 atom stereocenters. The molecule has 1 aliphatic rings. The molecule has 0 saturated carbocycles. The summed E-state index contributed by atoms with van der Waals surface area (Å²) >= 11 is 4.81. The Morgan fingerprint density at radius 1 is 1.00 bits per heavy atom. The molecular formula is C8H22O4P6S3. The zero-order valence-electron chi connectivity index (χ0n) is 12.1. The topological polar surface area (TPSA) is 36.9 Å². The van der Waals surface area contributed by atoms with Crippen molar-refractivity contribution < 1.29 is 18.0 Å². The molecule has 1 heterocycles. The van der Waals surface area contributed by atoms with E-state index < -0.39 is 14.7 Å². The first-order chi connectivity index (χ1) is 9.94. The van der Waals surface area contributed by atoms with Crippen LogP contribution in [-0.2, 0) is 18.0 Å². The average molecular weight is 464 g/mol. The molecule has 1 fully saturated rings. The second-order valence-electron chi connectivity index (χ2n) is 4.11. The van der Waals surface area contributed by atoms with Gasteiger partial charge >= 0.3 is 0 Å². The standard InChI is InChI=1S/C8H22O4P6S3/c1-16(20-14)10-6-4-7(11-17(2)21-15)9-8(5-6)12-19-18(3)13/h6-8H,4-5,13-15H2,1-3H3/t6?,7?,8-,16?,17?,18?/m1/s1. The Hall–Kier alpha value is 3.47. The molecule has 0 aromatic rings. The van der Waals surface area contributed by atoms with Gasteiger partial charge in [0.1, 0.15) is 0 Å². The van der Waals surface area contributed by atoms with Crippen LogP contribution in [0.5, 0.6) is 0 Å². The Labute approximate surface area is 150 Å². The quantitative estimate of drug-likeness (QED) is 0.294. The molecule has 1 saturated heterocycles. The lowest BCUT2D eigenvalue weighted by molar-refractivity contribution is -0.220. The van der Waals surface area contributed by atoms with Crippen LogP contribution < -0.4 is 0 Å². The summed E-state index contributed by atoms with van der Waals surface area (Å²) in [6.45, 7) is 6.06. The second-order valence-corrected chi connectivity index (χ2v) is 21.9. The smallest absolute Gasteiger partial charge is 0.176 e. The fraction of sp³-hybridized carbons (Fsp3) is 1.00. The van der Waals surface area contributed by atoms with Gasteiger partial charge in [-0.3, -0.25) is 4.18 Å². The Morgan fingerprint density at radius 2 is 1.57 bits per heavy atom. The Bertz CT molecular complexity index is 275. The van der Waals surface area contributed by atoms with Gasteiger partial charge in [-0.15, -0.1) is 0 Å². The number of ether oxygens (including phenoxy) is 1. The molecule has 4 nitrogen and oxygen atoms in total.